The summed E-state index contributed by atoms with van der Waals surface area (Å²) < 4.78 is 4.64. The summed E-state index contributed by atoms with van der Waals surface area (Å²) in [6, 6.07) is 4.53. The summed E-state index contributed by atoms with van der Waals surface area (Å²) >= 11 is 0. The van der Waals surface area contributed by atoms with Crippen LogP contribution in [-0.4, -0.2) is 30.9 Å². The van der Waals surface area contributed by atoms with Crippen LogP contribution >= 0.6 is 0 Å². The third kappa shape index (κ3) is 3.83. The molecule has 2 N–H and O–H groups in total. The van der Waals surface area contributed by atoms with Gasteiger partial charge in [-0.1, -0.05) is 13.8 Å². The summed E-state index contributed by atoms with van der Waals surface area (Å²) in [6.45, 7) is 3.79. The number of nitrogen functional groups attached to an aromatic ring is 1. The number of carbonyl (C=O) groups excluding carboxylic acids is 3. The van der Waals surface area contributed by atoms with Crippen molar-refractivity contribution in [2.45, 2.75) is 26.7 Å². The van der Waals surface area contributed by atoms with E-state index in [2.05, 4.69) is 9.73 Å². The van der Waals surface area contributed by atoms with Crippen molar-refractivity contribution in [2.24, 2.45) is 16.3 Å². The predicted octanol–water partition coefficient (Wildman–Crippen LogP) is 2.33. The van der Waals surface area contributed by atoms with Gasteiger partial charge >= 0.3 is 5.97 Å². The van der Waals surface area contributed by atoms with Gasteiger partial charge in [0.1, 0.15) is 17.5 Å². The van der Waals surface area contributed by atoms with Gasteiger partial charge in [-0.25, -0.2) is 4.79 Å². The lowest BCUT2D eigenvalue weighted by molar-refractivity contribution is -0.136. The third-order valence-electron chi connectivity index (χ3n) is 3.81. The average molecular weight is 316 g/mol. The lowest BCUT2D eigenvalue weighted by Crippen LogP contribution is -2.38. The minimum atomic E-state index is -0.843. The van der Waals surface area contributed by atoms with E-state index in [0.29, 0.717) is 29.8 Å². The fourth-order valence-corrected chi connectivity index (χ4v) is 2.63. The van der Waals surface area contributed by atoms with Crippen molar-refractivity contribution in [2.75, 3.05) is 12.8 Å². The number of hydrogen-bond donors (Lipinski definition) is 1. The molecular weight excluding hydrogens is 296 g/mol. The SMILES string of the molecule is COC(=O)c1ccc(N)c(N=CC2C(=O)CC(C)(C)CC2=O)c1. The lowest BCUT2D eigenvalue weighted by atomic mass is 9.72. The Morgan fingerprint density at radius 2 is 1.91 bits per heavy atom. The number of nitrogens with two attached hydrogens (primary N) is 1. The largest absolute Gasteiger partial charge is 0.465 e. The van der Waals surface area contributed by atoms with Crippen LogP contribution in [0, 0.1) is 11.3 Å². The molecule has 6 nitrogen and oxygen atoms in total. The quantitative estimate of drug-likeness (QED) is 0.399. The van der Waals surface area contributed by atoms with E-state index in [9.17, 15) is 14.4 Å². The van der Waals surface area contributed by atoms with Gasteiger partial charge in [0.2, 0.25) is 0 Å². The van der Waals surface area contributed by atoms with E-state index in [1.54, 1.807) is 0 Å². The van der Waals surface area contributed by atoms with Gasteiger partial charge < -0.3 is 10.5 Å². The number of benzene rings is 1. The highest BCUT2D eigenvalue weighted by molar-refractivity contribution is 6.16. The summed E-state index contributed by atoms with van der Waals surface area (Å²) in [4.78, 5) is 40.0. The number of carbonyl (C=O) groups is 3. The van der Waals surface area contributed by atoms with Crippen molar-refractivity contribution in [1.29, 1.82) is 0 Å². The highest BCUT2D eigenvalue weighted by Crippen LogP contribution is 2.33. The molecule has 1 aromatic carbocycles. The molecule has 1 aliphatic rings. The van der Waals surface area contributed by atoms with Crippen molar-refractivity contribution in [1.82, 2.24) is 0 Å². The Kier molecular flexibility index (Phi) is 4.63. The highest BCUT2D eigenvalue weighted by atomic mass is 16.5. The van der Waals surface area contributed by atoms with Crippen LogP contribution in [0.4, 0.5) is 11.4 Å². The molecule has 0 radical (unpaired) electrons. The molecule has 0 heterocycles. The molecule has 0 bridgehead atoms. The molecule has 0 aliphatic heterocycles. The minimum absolute atomic E-state index is 0.141. The first-order valence-corrected chi connectivity index (χ1v) is 7.31. The van der Waals surface area contributed by atoms with E-state index < -0.39 is 11.9 Å². The van der Waals surface area contributed by atoms with Gasteiger partial charge in [-0.3, -0.25) is 14.6 Å². The Morgan fingerprint density at radius 3 is 2.48 bits per heavy atom. The van der Waals surface area contributed by atoms with Gasteiger partial charge in [0.05, 0.1) is 24.0 Å². The number of anilines is 1. The molecule has 122 valence electrons. The number of rotatable bonds is 3. The molecule has 0 aromatic heterocycles. The van der Waals surface area contributed by atoms with Gasteiger partial charge in [-0.05, 0) is 23.6 Å². The minimum Gasteiger partial charge on any atom is -0.465 e. The first-order valence-electron chi connectivity index (χ1n) is 7.31. The van der Waals surface area contributed by atoms with E-state index in [4.69, 9.17) is 5.73 Å². The van der Waals surface area contributed by atoms with Crippen LogP contribution in [0.5, 0.6) is 0 Å². The van der Waals surface area contributed by atoms with Crippen LogP contribution in [0.1, 0.15) is 37.0 Å². The fourth-order valence-electron chi connectivity index (χ4n) is 2.63. The number of ketones is 2. The van der Waals surface area contributed by atoms with E-state index in [1.807, 2.05) is 13.8 Å². The summed E-state index contributed by atoms with van der Waals surface area (Å²) in [5, 5.41) is 0. The maximum Gasteiger partial charge on any atom is 0.337 e. The van der Waals surface area contributed by atoms with Crippen molar-refractivity contribution in [3.63, 3.8) is 0 Å². The van der Waals surface area contributed by atoms with E-state index >= 15 is 0 Å². The van der Waals surface area contributed by atoms with Crippen LogP contribution in [0.15, 0.2) is 23.2 Å². The molecule has 2 rings (SSSR count). The molecule has 0 unspecified atom stereocenters. The van der Waals surface area contributed by atoms with Crippen molar-refractivity contribution in [3.8, 4) is 0 Å². The monoisotopic (exact) mass is 316 g/mol. The molecule has 1 aliphatic carbocycles. The molecule has 0 saturated heterocycles. The van der Waals surface area contributed by atoms with Crippen LogP contribution in [0.3, 0.4) is 0 Å². The first-order chi connectivity index (χ1) is 10.7. The van der Waals surface area contributed by atoms with Crippen LogP contribution in [-0.2, 0) is 14.3 Å². The number of esters is 1. The fraction of sp³-hybridized carbons (Fsp3) is 0.412. The van der Waals surface area contributed by atoms with E-state index in [-0.39, 0.29) is 17.0 Å². The molecule has 23 heavy (non-hydrogen) atoms. The molecular formula is C17H20N2O4. The normalized spacial score (nSPS) is 18.4. The lowest BCUT2D eigenvalue weighted by Gasteiger charge is -2.30. The number of nitrogens with zero attached hydrogens (tertiary/aromatic N) is 1. The second-order valence-electron chi connectivity index (χ2n) is 6.47. The van der Waals surface area contributed by atoms with Gasteiger partial charge in [-0.15, -0.1) is 0 Å². The molecule has 1 fully saturated rings. The van der Waals surface area contributed by atoms with Gasteiger partial charge in [0, 0.05) is 19.1 Å². The van der Waals surface area contributed by atoms with Crippen molar-refractivity contribution in [3.05, 3.63) is 23.8 Å². The third-order valence-corrected chi connectivity index (χ3v) is 3.81. The zero-order valence-corrected chi connectivity index (χ0v) is 13.5. The van der Waals surface area contributed by atoms with E-state index in [1.165, 1.54) is 31.5 Å². The topological polar surface area (TPSA) is 98.8 Å². The van der Waals surface area contributed by atoms with Crippen LogP contribution < -0.4 is 5.73 Å². The Hall–Kier alpha value is -2.50. The first kappa shape index (κ1) is 16.9. The molecule has 1 aromatic rings. The Balaban J connectivity index is 2.25. The molecule has 1 saturated carbocycles. The number of methoxy groups -OCH3 is 1. The van der Waals surface area contributed by atoms with Crippen molar-refractivity contribution < 1.29 is 19.1 Å². The second kappa shape index (κ2) is 6.32. The highest BCUT2D eigenvalue weighted by Gasteiger charge is 2.38. The number of ether oxygens (including phenoxy) is 1. The predicted molar refractivity (Wildman–Crippen MR) is 86.9 cm³/mol. The molecule has 0 amide bonds. The molecule has 6 heteroatoms. The van der Waals surface area contributed by atoms with Gasteiger partial charge in [0.25, 0.3) is 0 Å². The number of Topliss-reactive ketones (excluding diaryl/α,β-unsaturated/α-hetero) is 2. The van der Waals surface area contributed by atoms with Gasteiger partial charge in [-0.2, -0.15) is 0 Å². The summed E-state index contributed by atoms with van der Waals surface area (Å²) in [5.74, 6) is -1.63. The summed E-state index contributed by atoms with van der Waals surface area (Å²) in [5.41, 5.74) is 6.51. The summed E-state index contributed by atoms with van der Waals surface area (Å²) in [6.07, 6.45) is 2.01. The van der Waals surface area contributed by atoms with Crippen LogP contribution in [0.2, 0.25) is 0 Å². The molecule has 0 atom stereocenters. The Morgan fingerprint density at radius 1 is 1.30 bits per heavy atom. The Labute approximate surface area is 134 Å². The Bertz CT molecular complexity index is 672. The second-order valence-corrected chi connectivity index (χ2v) is 6.47. The maximum absolute atomic E-state index is 12.1. The average Bonchev–Trinajstić information content (AvgIpc) is 2.46. The summed E-state index contributed by atoms with van der Waals surface area (Å²) in [7, 11) is 1.28. The number of hydrogen-bond acceptors (Lipinski definition) is 6. The standard InChI is InChI=1S/C17H20N2O4/c1-17(2)7-14(20)11(15(21)8-17)9-19-13-6-10(16(22)23-3)4-5-12(13)18/h4-6,9,11H,7-8,18H2,1-3H3. The van der Waals surface area contributed by atoms with Gasteiger partial charge in [0.15, 0.2) is 0 Å². The zero-order valence-electron chi connectivity index (χ0n) is 13.5. The molecule has 0 spiro atoms. The smallest absolute Gasteiger partial charge is 0.337 e. The maximum atomic E-state index is 12.1. The number of aliphatic imine (C=N–C) groups is 1. The van der Waals surface area contributed by atoms with Crippen LogP contribution in [0.25, 0.3) is 0 Å². The van der Waals surface area contributed by atoms with Crippen molar-refractivity contribution >= 4 is 35.1 Å². The van der Waals surface area contributed by atoms with E-state index in [0.717, 1.165) is 0 Å². The zero-order chi connectivity index (χ0) is 17.2.